The lowest BCUT2D eigenvalue weighted by Crippen LogP contribution is -2.51. The normalized spacial score (nSPS) is 14.8. The van der Waals surface area contributed by atoms with Crippen molar-refractivity contribution < 1.29 is 38.0 Å². The Hall–Kier alpha value is -0.540. The van der Waals surface area contributed by atoms with Crippen molar-refractivity contribution in [1.29, 1.82) is 0 Å². The average Bonchev–Trinajstić information content (AvgIpc) is 3.16. The van der Waals surface area contributed by atoms with Crippen LogP contribution in [0.3, 0.4) is 0 Å². The molecule has 0 saturated carbocycles. The molecular formula is C48H99N2O7P. The van der Waals surface area contributed by atoms with Crippen LogP contribution in [-0.2, 0) is 18.4 Å². The summed E-state index contributed by atoms with van der Waals surface area (Å²) in [6.45, 7) is 6.76. The number of carbonyl (C=O) groups is 1. The summed E-state index contributed by atoms with van der Waals surface area (Å²) in [5.74, 6) is 0.494. The molecule has 0 saturated heterocycles. The molecule has 4 atom stereocenters. The second kappa shape index (κ2) is 39.3. The molecule has 0 aromatic rings. The molecule has 0 aromatic carbocycles. The van der Waals surface area contributed by atoms with E-state index < -0.39 is 32.7 Å². The van der Waals surface area contributed by atoms with Gasteiger partial charge in [0.2, 0.25) is 5.91 Å². The van der Waals surface area contributed by atoms with Crippen LogP contribution < -0.4 is 10.2 Å². The largest absolute Gasteiger partial charge is 0.756 e. The Morgan fingerprint density at radius 3 is 1.33 bits per heavy atom. The molecule has 1 unspecified atom stereocenters. The van der Waals surface area contributed by atoms with Gasteiger partial charge in [-0.25, -0.2) is 0 Å². The van der Waals surface area contributed by atoms with E-state index in [4.69, 9.17) is 9.05 Å². The van der Waals surface area contributed by atoms with E-state index in [0.29, 0.717) is 17.4 Å². The molecule has 0 bridgehead atoms. The van der Waals surface area contributed by atoms with Crippen molar-refractivity contribution >= 4 is 13.7 Å². The average molecular weight is 847 g/mol. The van der Waals surface area contributed by atoms with Crippen LogP contribution in [0.5, 0.6) is 0 Å². The van der Waals surface area contributed by atoms with Crippen LogP contribution >= 0.6 is 7.82 Å². The predicted molar refractivity (Wildman–Crippen MR) is 244 cm³/mol. The molecule has 9 nitrogen and oxygen atoms in total. The molecule has 0 rings (SSSR count). The first-order valence-corrected chi connectivity index (χ1v) is 26.3. The minimum Gasteiger partial charge on any atom is -0.756 e. The fourth-order valence-corrected chi connectivity index (χ4v) is 8.34. The summed E-state index contributed by atoms with van der Waals surface area (Å²) in [6, 6.07) is -1.07. The van der Waals surface area contributed by atoms with E-state index >= 15 is 0 Å². The zero-order chi connectivity index (χ0) is 43.2. The van der Waals surface area contributed by atoms with Crippen LogP contribution in [-0.4, -0.2) is 79.8 Å². The van der Waals surface area contributed by atoms with E-state index in [1.165, 1.54) is 167 Å². The number of hydrogen-bond donors (Lipinski definition) is 3. The number of aliphatic hydroxyl groups excluding tert-OH is 2. The molecule has 0 radical (unpaired) electrons. The van der Waals surface area contributed by atoms with Gasteiger partial charge < -0.3 is 34.0 Å². The van der Waals surface area contributed by atoms with Crippen LogP contribution in [0, 0.1) is 5.92 Å². The van der Waals surface area contributed by atoms with Crippen molar-refractivity contribution in [2.45, 2.75) is 257 Å². The maximum Gasteiger partial charge on any atom is 0.268 e. The number of quaternary nitrogens is 1. The molecule has 0 aliphatic rings. The van der Waals surface area contributed by atoms with Gasteiger partial charge in [0, 0.05) is 6.42 Å². The van der Waals surface area contributed by atoms with Gasteiger partial charge in [0.25, 0.3) is 7.82 Å². The fraction of sp³-hybridized carbons (Fsp3) is 0.979. The summed E-state index contributed by atoms with van der Waals surface area (Å²) in [4.78, 5) is 25.4. The predicted octanol–water partition coefficient (Wildman–Crippen LogP) is 12.3. The van der Waals surface area contributed by atoms with E-state index in [1.807, 2.05) is 21.1 Å². The molecule has 0 heterocycles. The Balaban J connectivity index is 4.26. The maximum absolute atomic E-state index is 12.9. The third-order valence-corrected chi connectivity index (χ3v) is 12.6. The van der Waals surface area contributed by atoms with Crippen LogP contribution in [0.15, 0.2) is 0 Å². The summed E-state index contributed by atoms with van der Waals surface area (Å²) >= 11 is 0. The SMILES string of the molecule is CCCCCCCCCCCCCCCCCCCCCCCCCC(=O)N[C@@H](COP(=O)([O-])OCC[N+](C)(C)C)[C@H](O)[C@H](O)CCCCCCCCCCC(C)C. The second-order valence-electron chi connectivity index (χ2n) is 19.1. The number of unbranched alkanes of at least 4 members (excludes halogenated alkanes) is 29. The van der Waals surface area contributed by atoms with Gasteiger partial charge in [0.05, 0.1) is 39.9 Å². The van der Waals surface area contributed by atoms with Crippen molar-refractivity contribution in [2.75, 3.05) is 40.9 Å². The highest BCUT2D eigenvalue weighted by Gasteiger charge is 2.29. The molecule has 0 aromatic heterocycles. The maximum atomic E-state index is 12.9. The Bertz CT molecular complexity index is 948. The fourth-order valence-electron chi connectivity index (χ4n) is 7.62. The van der Waals surface area contributed by atoms with E-state index in [1.54, 1.807) is 0 Å². The number of phosphoric acid groups is 1. The Kier molecular flexibility index (Phi) is 39.0. The molecule has 58 heavy (non-hydrogen) atoms. The topological polar surface area (TPSA) is 128 Å². The van der Waals surface area contributed by atoms with Crippen molar-refractivity contribution in [2.24, 2.45) is 5.92 Å². The summed E-state index contributed by atoms with van der Waals surface area (Å²) < 4.78 is 23.2. The zero-order valence-corrected chi connectivity index (χ0v) is 40.2. The van der Waals surface area contributed by atoms with E-state index in [0.717, 1.165) is 44.4 Å². The summed E-state index contributed by atoms with van der Waals surface area (Å²) in [7, 11) is 1.13. The second-order valence-corrected chi connectivity index (χ2v) is 20.6. The lowest BCUT2D eigenvalue weighted by molar-refractivity contribution is -0.870. The molecule has 0 spiro atoms. The van der Waals surface area contributed by atoms with Crippen LogP contribution in [0.25, 0.3) is 0 Å². The van der Waals surface area contributed by atoms with Gasteiger partial charge in [0.15, 0.2) is 0 Å². The number of hydrogen-bond acceptors (Lipinski definition) is 7. The number of nitrogens with zero attached hydrogens (tertiary/aromatic N) is 1. The summed E-state index contributed by atoms with van der Waals surface area (Å²) in [6.07, 6.45) is 38.8. The number of phosphoric ester groups is 1. The van der Waals surface area contributed by atoms with Gasteiger partial charge in [-0.3, -0.25) is 9.36 Å². The number of rotatable bonds is 45. The standard InChI is InChI=1S/C48H99N2O7P/c1-7-8-9-10-11-12-13-14-15-16-17-18-19-20-21-22-23-24-25-26-31-34-37-40-47(52)49-45(43-57-58(54,55)56-42-41-50(4,5)6)48(53)46(51)39-36-33-30-28-27-29-32-35-38-44(2)3/h44-46,48,51,53H,7-43H2,1-6H3,(H-,49,52,54,55)/t45-,46+,48-/m0/s1. The lowest BCUT2D eigenvalue weighted by Gasteiger charge is -2.31. The molecule has 10 heteroatoms. The van der Waals surface area contributed by atoms with E-state index in [-0.39, 0.29) is 18.9 Å². The third kappa shape index (κ3) is 40.8. The first-order chi connectivity index (χ1) is 27.8. The zero-order valence-electron chi connectivity index (χ0n) is 39.3. The highest BCUT2D eigenvalue weighted by atomic mass is 31.2. The van der Waals surface area contributed by atoms with Crippen molar-refractivity contribution in [3.8, 4) is 0 Å². The molecular weight excluding hydrogens is 748 g/mol. The van der Waals surface area contributed by atoms with Gasteiger partial charge >= 0.3 is 0 Å². The van der Waals surface area contributed by atoms with Crippen molar-refractivity contribution in [1.82, 2.24) is 5.32 Å². The van der Waals surface area contributed by atoms with Gasteiger partial charge in [-0.1, -0.05) is 220 Å². The van der Waals surface area contributed by atoms with Gasteiger partial charge in [-0.15, -0.1) is 0 Å². The highest BCUT2D eigenvalue weighted by molar-refractivity contribution is 7.45. The van der Waals surface area contributed by atoms with Crippen LogP contribution in [0.4, 0.5) is 0 Å². The quantitative estimate of drug-likeness (QED) is 0.0316. The van der Waals surface area contributed by atoms with Crippen LogP contribution in [0.2, 0.25) is 0 Å². The van der Waals surface area contributed by atoms with Gasteiger partial charge in [0.1, 0.15) is 19.3 Å². The minimum absolute atomic E-state index is 0.0377. The minimum atomic E-state index is -4.66. The van der Waals surface area contributed by atoms with Crippen molar-refractivity contribution in [3.63, 3.8) is 0 Å². The van der Waals surface area contributed by atoms with Gasteiger partial charge in [-0.2, -0.15) is 0 Å². The molecule has 0 aliphatic heterocycles. The Morgan fingerprint density at radius 1 is 0.586 bits per heavy atom. The van der Waals surface area contributed by atoms with Gasteiger partial charge in [-0.05, 0) is 18.8 Å². The van der Waals surface area contributed by atoms with E-state index in [2.05, 4.69) is 26.1 Å². The number of likely N-dealkylation sites (N-methyl/N-ethyl adjacent to an activating group) is 1. The monoisotopic (exact) mass is 847 g/mol. The summed E-state index contributed by atoms with van der Waals surface area (Å²) in [5.41, 5.74) is 0. The molecule has 3 N–H and O–H groups in total. The smallest absolute Gasteiger partial charge is 0.268 e. The first kappa shape index (κ1) is 57.5. The summed E-state index contributed by atoms with van der Waals surface area (Å²) in [5, 5.41) is 24.6. The number of aliphatic hydroxyl groups is 2. The molecule has 348 valence electrons. The molecule has 0 fully saturated rings. The van der Waals surface area contributed by atoms with Crippen LogP contribution in [0.1, 0.15) is 239 Å². The Labute approximate surface area is 360 Å². The highest BCUT2D eigenvalue weighted by Crippen LogP contribution is 2.38. The number of amides is 1. The molecule has 1 amide bonds. The molecule has 0 aliphatic carbocycles. The number of nitrogens with one attached hydrogen (secondary N) is 1. The lowest BCUT2D eigenvalue weighted by atomic mass is 9.99. The van der Waals surface area contributed by atoms with E-state index in [9.17, 15) is 24.5 Å². The number of carbonyl (C=O) groups excluding carboxylic acids is 1. The van der Waals surface area contributed by atoms with Crippen molar-refractivity contribution in [3.05, 3.63) is 0 Å². The first-order valence-electron chi connectivity index (χ1n) is 24.8. The third-order valence-electron chi connectivity index (χ3n) is 11.6. The Morgan fingerprint density at radius 2 is 0.948 bits per heavy atom.